The maximum absolute atomic E-state index is 3.98. The molecule has 2 N–H and O–H groups in total. The molecule has 0 amide bonds. The largest absolute Gasteiger partial charge is 0.412 e. The molecule has 0 saturated carbocycles. The Morgan fingerprint density at radius 2 is 1.13 bits per heavy atom. The third kappa shape index (κ3) is 6.35. The maximum Gasteiger partial charge on any atom is 0.0372 e. The number of aromatic nitrogens is 2. The highest BCUT2D eigenvalue weighted by Crippen LogP contribution is 1.86. The lowest BCUT2D eigenvalue weighted by Gasteiger charge is -1.82. The Morgan fingerprint density at radius 1 is 0.733 bits per heavy atom. The molecule has 0 unspecified atom stereocenters. The second-order valence-corrected chi connectivity index (χ2v) is 2.94. The van der Waals surface area contributed by atoms with Crippen LogP contribution in [-0.2, 0) is 0 Å². The number of pyridine rings is 2. The topological polar surface area (TPSA) is 57.3 Å². The Bertz CT molecular complexity index is 311. The number of hydrogen-bond acceptors (Lipinski definition) is 2. The zero-order valence-electron chi connectivity index (χ0n) is 9.01. The van der Waals surface area contributed by atoms with Crippen molar-refractivity contribution in [2.75, 3.05) is 0 Å². The van der Waals surface area contributed by atoms with Gasteiger partial charge < -0.3 is 5.48 Å². The van der Waals surface area contributed by atoms with Crippen molar-refractivity contribution >= 4 is 0 Å². The van der Waals surface area contributed by atoms with Crippen molar-refractivity contribution in [3.63, 3.8) is 0 Å². The van der Waals surface area contributed by atoms with Crippen LogP contribution in [0.15, 0.2) is 48.8 Å². The Hall–Kier alpha value is -1.74. The fourth-order valence-corrected chi connectivity index (χ4v) is 0.896. The van der Waals surface area contributed by atoms with Gasteiger partial charge in [-0.25, -0.2) is 0 Å². The Balaban J connectivity index is 0.000000245. The molecule has 80 valence electrons. The Kier molecular flexibility index (Phi) is 6.76. The van der Waals surface area contributed by atoms with Gasteiger partial charge in [0.25, 0.3) is 0 Å². The molecule has 0 atom stereocenters. The molecule has 0 aliphatic carbocycles. The summed E-state index contributed by atoms with van der Waals surface area (Å²) in [6, 6.07) is 11.7. The molecule has 2 rings (SSSR count). The molecule has 0 aliphatic heterocycles. The van der Waals surface area contributed by atoms with Gasteiger partial charge in [-0.1, -0.05) is 12.1 Å². The minimum absolute atomic E-state index is 0. The predicted octanol–water partition coefficient (Wildman–Crippen LogP) is 1.96. The van der Waals surface area contributed by atoms with Gasteiger partial charge in [0, 0.05) is 23.8 Å². The number of aryl methyl sites for hydroxylation is 2. The second kappa shape index (κ2) is 7.64. The van der Waals surface area contributed by atoms with Crippen molar-refractivity contribution in [1.82, 2.24) is 9.97 Å². The summed E-state index contributed by atoms with van der Waals surface area (Å²) < 4.78 is 0. The molecule has 0 fully saturated rings. The summed E-state index contributed by atoms with van der Waals surface area (Å²) in [5.41, 5.74) is 2.14. The number of rotatable bonds is 0. The van der Waals surface area contributed by atoms with Gasteiger partial charge in [-0.3, -0.25) is 9.97 Å². The lowest BCUT2D eigenvalue weighted by molar-refractivity contribution is 0.824. The van der Waals surface area contributed by atoms with Crippen LogP contribution in [0.2, 0.25) is 0 Å². The van der Waals surface area contributed by atoms with Crippen LogP contribution in [0.3, 0.4) is 0 Å². The van der Waals surface area contributed by atoms with E-state index in [1.807, 2.05) is 50.2 Å². The van der Waals surface area contributed by atoms with Crippen LogP contribution < -0.4 is 0 Å². The summed E-state index contributed by atoms with van der Waals surface area (Å²) in [5.74, 6) is 0. The third-order valence-corrected chi connectivity index (χ3v) is 1.63. The van der Waals surface area contributed by atoms with Gasteiger partial charge in [0.2, 0.25) is 0 Å². The van der Waals surface area contributed by atoms with E-state index in [0.717, 1.165) is 11.4 Å². The standard InChI is InChI=1S/2C6H7N.H2O/c2*1-6-4-2-3-5-7-6;/h2*2-5H,1H3;1H2. The molecule has 2 aromatic rings. The normalized spacial score (nSPS) is 8.13. The van der Waals surface area contributed by atoms with E-state index in [1.165, 1.54) is 0 Å². The molecule has 0 aromatic carbocycles. The average molecular weight is 204 g/mol. The first-order chi connectivity index (χ1) is 6.79. The highest BCUT2D eigenvalue weighted by Gasteiger charge is 1.74. The van der Waals surface area contributed by atoms with E-state index in [-0.39, 0.29) is 5.48 Å². The van der Waals surface area contributed by atoms with Crippen LogP contribution in [0.5, 0.6) is 0 Å². The van der Waals surface area contributed by atoms with E-state index < -0.39 is 0 Å². The van der Waals surface area contributed by atoms with E-state index in [0.29, 0.717) is 0 Å². The molecule has 0 radical (unpaired) electrons. The van der Waals surface area contributed by atoms with Crippen molar-refractivity contribution in [3.8, 4) is 0 Å². The van der Waals surface area contributed by atoms with Gasteiger partial charge in [-0.15, -0.1) is 0 Å². The number of hydrogen-bond donors (Lipinski definition) is 0. The molecule has 3 nitrogen and oxygen atoms in total. The first-order valence-corrected chi connectivity index (χ1v) is 4.54. The number of nitrogens with zero attached hydrogens (tertiary/aromatic N) is 2. The highest BCUT2D eigenvalue weighted by atomic mass is 16.0. The fraction of sp³-hybridized carbons (Fsp3) is 0.167. The van der Waals surface area contributed by atoms with Crippen LogP contribution >= 0.6 is 0 Å². The molecule has 0 aliphatic rings. The Labute approximate surface area is 90.1 Å². The molecular weight excluding hydrogens is 188 g/mol. The maximum atomic E-state index is 3.98. The van der Waals surface area contributed by atoms with Crippen molar-refractivity contribution in [2.24, 2.45) is 0 Å². The van der Waals surface area contributed by atoms with Crippen LogP contribution in [0.1, 0.15) is 11.4 Å². The fourth-order valence-electron chi connectivity index (χ4n) is 0.896. The summed E-state index contributed by atoms with van der Waals surface area (Å²) in [6.45, 7) is 3.94. The minimum Gasteiger partial charge on any atom is -0.412 e. The quantitative estimate of drug-likeness (QED) is 0.658. The van der Waals surface area contributed by atoms with Gasteiger partial charge in [0.1, 0.15) is 0 Å². The van der Waals surface area contributed by atoms with Gasteiger partial charge in [0.15, 0.2) is 0 Å². The van der Waals surface area contributed by atoms with Crippen LogP contribution in [0, 0.1) is 13.8 Å². The smallest absolute Gasteiger partial charge is 0.0372 e. The van der Waals surface area contributed by atoms with Crippen LogP contribution in [-0.4, -0.2) is 15.4 Å². The van der Waals surface area contributed by atoms with Gasteiger partial charge in [0.05, 0.1) is 0 Å². The second-order valence-electron chi connectivity index (χ2n) is 2.94. The SMILES string of the molecule is Cc1ccccn1.Cc1ccccn1.O. The monoisotopic (exact) mass is 204 g/mol. The van der Waals surface area contributed by atoms with Crippen molar-refractivity contribution in [2.45, 2.75) is 13.8 Å². The molecule has 2 heterocycles. The summed E-state index contributed by atoms with van der Waals surface area (Å²) >= 11 is 0. The zero-order chi connectivity index (χ0) is 10.2. The third-order valence-electron chi connectivity index (χ3n) is 1.63. The first-order valence-electron chi connectivity index (χ1n) is 4.54. The molecule has 2 aromatic heterocycles. The minimum atomic E-state index is 0. The van der Waals surface area contributed by atoms with Gasteiger partial charge >= 0.3 is 0 Å². The van der Waals surface area contributed by atoms with E-state index in [2.05, 4.69) is 9.97 Å². The molecule has 0 bridgehead atoms. The van der Waals surface area contributed by atoms with Gasteiger partial charge in [-0.2, -0.15) is 0 Å². The van der Waals surface area contributed by atoms with Crippen LogP contribution in [0.25, 0.3) is 0 Å². The van der Waals surface area contributed by atoms with Crippen molar-refractivity contribution < 1.29 is 5.48 Å². The lowest BCUT2D eigenvalue weighted by atomic mass is 10.4. The zero-order valence-corrected chi connectivity index (χ0v) is 9.01. The summed E-state index contributed by atoms with van der Waals surface area (Å²) in [7, 11) is 0. The highest BCUT2D eigenvalue weighted by molar-refractivity contribution is 5.00. The average Bonchev–Trinajstić information content (AvgIpc) is 2.21. The van der Waals surface area contributed by atoms with Crippen LogP contribution in [0.4, 0.5) is 0 Å². The Morgan fingerprint density at radius 3 is 1.27 bits per heavy atom. The summed E-state index contributed by atoms with van der Waals surface area (Å²) in [4.78, 5) is 7.96. The predicted molar refractivity (Wildman–Crippen MR) is 61.6 cm³/mol. The molecular formula is C12H16N2O. The summed E-state index contributed by atoms with van der Waals surface area (Å²) in [5, 5.41) is 0. The first kappa shape index (κ1) is 13.3. The van der Waals surface area contributed by atoms with Crippen molar-refractivity contribution in [1.29, 1.82) is 0 Å². The molecule has 0 saturated heterocycles. The van der Waals surface area contributed by atoms with E-state index in [9.17, 15) is 0 Å². The van der Waals surface area contributed by atoms with Crippen molar-refractivity contribution in [3.05, 3.63) is 60.2 Å². The summed E-state index contributed by atoms with van der Waals surface area (Å²) in [6.07, 6.45) is 3.57. The lowest BCUT2D eigenvalue weighted by Crippen LogP contribution is -1.72. The molecule has 3 heteroatoms. The van der Waals surface area contributed by atoms with Gasteiger partial charge in [-0.05, 0) is 38.1 Å². The van der Waals surface area contributed by atoms with E-state index in [1.54, 1.807) is 12.4 Å². The molecule has 15 heavy (non-hydrogen) atoms. The van der Waals surface area contributed by atoms with E-state index in [4.69, 9.17) is 0 Å². The molecule has 0 spiro atoms. The van der Waals surface area contributed by atoms with E-state index >= 15 is 0 Å².